The van der Waals surface area contributed by atoms with Gasteiger partial charge in [0.1, 0.15) is 5.75 Å². The first-order valence-electron chi connectivity index (χ1n) is 8.95. The topological polar surface area (TPSA) is 86.8 Å². The van der Waals surface area contributed by atoms with E-state index in [1.165, 1.54) is 18.5 Å². The summed E-state index contributed by atoms with van der Waals surface area (Å²) in [7, 11) is 1.54. The molecule has 1 saturated carbocycles. The highest BCUT2D eigenvalue weighted by atomic mass is 19.4. The summed E-state index contributed by atoms with van der Waals surface area (Å²) >= 11 is 0. The monoisotopic (exact) mass is 406 g/mol. The summed E-state index contributed by atoms with van der Waals surface area (Å²) in [4.78, 5) is 19.6. The van der Waals surface area contributed by atoms with Crippen LogP contribution in [0, 0.1) is 11.3 Å². The maximum absolute atomic E-state index is 13.1. The smallest absolute Gasteiger partial charge is 0.417 e. The fourth-order valence-corrected chi connectivity index (χ4v) is 3.10. The van der Waals surface area contributed by atoms with E-state index < -0.39 is 17.3 Å². The van der Waals surface area contributed by atoms with Crippen molar-refractivity contribution in [3.8, 4) is 11.8 Å². The van der Waals surface area contributed by atoms with Crippen LogP contribution in [0.3, 0.4) is 0 Å². The molecular formula is C20H21F3N4O2. The third kappa shape index (κ3) is 6.17. The Morgan fingerprint density at radius 3 is 2.59 bits per heavy atom. The van der Waals surface area contributed by atoms with E-state index in [0.717, 1.165) is 12.1 Å². The number of alkyl halides is 3. The first kappa shape index (κ1) is 22.1. The predicted molar refractivity (Wildman–Crippen MR) is 103 cm³/mol. The van der Waals surface area contributed by atoms with Crippen molar-refractivity contribution < 1.29 is 22.7 Å². The second-order valence-electron chi connectivity index (χ2n) is 6.54. The molecule has 0 saturated heterocycles. The Kier molecular flexibility index (Phi) is 7.53. The quantitative estimate of drug-likeness (QED) is 0.578. The lowest BCUT2D eigenvalue weighted by Gasteiger charge is -2.29. The highest BCUT2D eigenvalue weighted by Gasteiger charge is 2.34. The van der Waals surface area contributed by atoms with E-state index in [4.69, 9.17) is 10.00 Å². The van der Waals surface area contributed by atoms with Gasteiger partial charge in [-0.3, -0.25) is 14.8 Å². The van der Waals surface area contributed by atoms with E-state index in [0.29, 0.717) is 25.7 Å². The SMILES string of the molecule is C=N/C=C(\C=NC)C(=O)NC1CCC(Oc2ccc(C#N)c(C(F)(F)F)c2)CC1. The molecule has 0 heterocycles. The first-order valence-corrected chi connectivity index (χ1v) is 8.95. The van der Waals surface area contributed by atoms with Crippen molar-refractivity contribution in [2.45, 2.75) is 44.0 Å². The van der Waals surface area contributed by atoms with Crippen LogP contribution in [0.25, 0.3) is 0 Å². The van der Waals surface area contributed by atoms with Crippen LogP contribution in [0.15, 0.2) is 40.0 Å². The van der Waals surface area contributed by atoms with Gasteiger partial charge in [-0.05, 0) is 50.6 Å². The number of benzene rings is 1. The molecule has 1 amide bonds. The van der Waals surface area contributed by atoms with Crippen molar-refractivity contribution >= 4 is 18.8 Å². The lowest BCUT2D eigenvalue weighted by molar-refractivity contribution is -0.138. The minimum atomic E-state index is -4.63. The zero-order valence-corrected chi connectivity index (χ0v) is 15.9. The van der Waals surface area contributed by atoms with Gasteiger partial charge in [0.15, 0.2) is 0 Å². The molecule has 1 aliphatic carbocycles. The number of nitriles is 1. The van der Waals surface area contributed by atoms with E-state index in [1.807, 2.05) is 0 Å². The first-order chi connectivity index (χ1) is 13.8. The summed E-state index contributed by atoms with van der Waals surface area (Å²) in [6, 6.07) is 4.80. The number of nitrogens with one attached hydrogen (secondary N) is 1. The standard InChI is InChI=1S/C20H21F3N4O2/c1-25-11-14(12-26-2)19(28)27-15-4-7-16(8-5-15)29-17-6-3-13(10-24)18(9-17)20(21,22)23/h3,6,9,11-12,15-16H,1,4-5,7-8H2,2H3,(H,27,28)/b14-11+,26-12?. The molecule has 1 fully saturated rings. The molecule has 0 spiro atoms. The molecule has 0 aliphatic heterocycles. The van der Waals surface area contributed by atoms with E-state index in [2.05, 4.69) is 22.0 Å². The Morgan fingerprint density at radius 1 is 1.34 bits per heavy atom. The second kappa shape index (κ2) is 9.87. The number of hydrogen-bond donors (Lipinski definition) is 1. The number of carbonyl (C=O) groups is 1. The Labute approximate surface area is 166 Å². The van der Waals surface area contributed by atoms with Crippen molar-refractivity contribution in [2.75, 3.05) is 7.05 Å². The lowest BCUT2D eigenvalue weighted by atomic mass is 9.92. The van der Waals surface area contributed by atoms with Crippen LogP contribution in [0.4, 0.5) is 13.2 Å². The molecule has 29 heavy (non-hydrogen) atoms. The third-order valence-electron chi connectivity index (χ3n) is 4.49. The summed E-state index contributed by atoms with van der Waals surface area (Å²) in [5.74, 6) is -0.237. The molecule has 6 nitrogen and oxygen atoms in total. The largest absolute Gasteiger partial charge is 0.490 e. The van der Waals surface area contributed by atoms with Crippen molar-refractivity contribution in [2.24, 2.45) is 9.98 Å². The molecule has 1 aromatic carbocycles. The van der Waals surface area contributed by atoms with E-state index in [1.54, 1.807) is 13.1 Å². The maximum Gasteiger partial charge on any atom is 0.417 e. The third-order valence-corrected chi connectivity index (χ3v) is 4.49. The highest BCUT2D eigenvalue weighted by Crippen LogP contribution is 2.35. The lowest BCUT2D eigenvalue weighted by Crippen LogP contribution is -2.40. The van der Waals surface area contributed by atoms with Crippen molar-refractivity contribution in [1.29, 1.82) is 5.26 Å². The van der Waals surface area contributed by atoms with E-state index >= 15 is 0 Å². The van der Waals surface area contributed by atoms with Gasteiger partial charge in [0.2, 0.25) is 0 Å². The number of hydrogen-bond acceptors (Lipinski definition) is 5. The van der Waals surface area contributed by atoms with Gasteiger partial charge in [-0.2, -0.15) is 18.4 Å². The molecular weight excluding hydrogens is 385 g/mol. The van der Waals surface area contributed by atoms with Gasteiger partial charge in [0.05, 0.1) is 28.9 Å². The molecule has 0 aromatic heterocycles. The van der Waals surface area contributed by atoms with E-state index in [9.17, 15) is 18.0 Å². The highest BCUT2D eigenvalue weighted by molar-refractivity contribution is 6.12. The molecule has 1 aromatic rings. The Hall–Kier alpha value is -3.15. The average molecular weight is 406 g/mol. The summed E-state index contributed by atoms with van der Waals surface area (Å²) < 4.78 is 44.9. The number of aliphatic imine (C=N–C) groups is 2. The number of carbonyl (C=O) groups excluding carboxylic acids is 1. The zero-order valence-electron chi connectivity index (χ0n) is 15.9. The molecule has 154 valence electrons. The van der Waals surface area contributed by atoms with Crippen LogP contribution in [0.2, 0.25) is 0 Å². The summed E-state index contributed by atoms with van der Waals surface area (Å²) in [5.41, 5.74) is -1.16. The minimum absolute atomic E-state index is 0.0743. The van der Waals surface area contributed by atoms with Gasteiger partial charge in [-0.15, -0.1) is 0 Å². The summed E-state index contributed by atoms with van der Waals surface area (Å²) in [6.45, 7) is 3.32. The average Bonchev–Trinajstić information content (AvgIpc) is 2.68. The van der Waals surface area contributed by atoms with Crippen LogP contribution in [-0.2, 0) is 11.0 Å². The van der Waals surface area contributed by atoms with Gasteiger partial charge >= 0.3 is 6.18 Å². The van der Waals surface area contributed by atoms with Crippen molar-refractivity contribution in [1.82, 2.24) is 5.32 Å². The minimum Gasteiger partial charge on any atom is -0.490 e. The zero-order chi connectivity index (χ0) is 21.4. The summed E-state index contributed by atoms with van der Waals surface area (Å²) in [6.07, 6.45) is 0.217. The molecule has 0 bridgehead atoms. The number of rotatable bonds is 6. The predicted octanol–water partition coefficient (Wildman–Crippen LogP) is 3.67. The molecule has 0 atom stereocenters. The second-order valence-corrected chi connectivity index (χ2v) is 6.54. The number of amides is 1. The number of ether oxygens (including phenoxy) is 1. The van der Waals surface area contributed by atoms with Crippen molar-refractivity contribution in [3.05, 3.63) is 41.1 Å². The van der Waals surface area contributed by atoms with Gasteiger partial charge in [0, 0.05) is 25.5 Å². The van der Waals surface area contributed by atoms with Gasteiger partial charge in [0.25, 0.3) is 5.91 Å². The van der Waals surface area contributed by atoms with Gasteiger partial charge < -0.3 is 10.1 Å². The van der Waals surface area contributed by atoms with Crippen LogP contribution in [-0.4, -0.2) is 38.0 Å². The normalized spacial score (nSPS) is 20.2. The Balaban J connectivity index is 1.95. The molecule has 9 heteroatoms. The van der Waals surface area contributed by atoms with Crippen molar-refractivity contribution in [3.63, 3.8) is 0 Å². The fraction of sp³-hybridized carbons (Fsp3) is 0.400. The van der Waals surface area contributed by atoms with Gasteiger partial charge in [-0.1, -0.05) is 0 Å². The fourth-order valence-electron chi connectivity index (χ4n) is 3.10. The van der Waals surface area contributed by atoms with Crippen LogP contribution >= 0.6 is 0 Å². The van der Waals surface area contributed by atoms with Crippen LogP contribution < -0.4 is 10.1 Å². The van der Waals surface area contributed by atoms with Crippen LogP contribution in [0.1, 0.15) is 36.8 Å². The molecule has 2 rings (SSSR count). The van der Waals surface area contributed by atoms with Crippen LogP contribution in [0.5, 0.6) is 5.75 Å². The molecule has 0 unspecified atom stereocenters. The Morgan fingerprint density at radius 2 is 2.03 bits per heavy atom. The molecule has 1 aliphatic rings. The summed E-state index contributed by atoms with van der Waals surface area (Å²) in [5, 5.41) is 11.7. The molecule has 1 N–H and O–H groups in total. The molecule has 0 radical (unpaired) electrons. The maximum atomic E-state index is 13.1. The Bertz CT molecular complexity index is 848. The van der Waals surface area contributed by atoms with Gasteiger partial charge in [-0.25, -0.2) is 0 Å². The van der Waals surface area contributed by atoms with E-state index in [-0.39, 0.29) is 29.4 Å². The number of halogens is 3. The number of nitrogens with zero attached hydrogens (tertiary/aromatic N) is 3.